The third kappa shape index (κ3) is 45.9. The van der Waals surface area contributed by atoms with Crippen molar-refractivity contribution in [3.63, 3.8) is 0 Å². The van der Waals surface area contributed by atoms with Gasteiger partial charge < -0.3 is 151 Å². The Labute approximate surface area is 815 Å². The number of thioether (sulfide) groups is 1. The Kier molecular flexibility index (Phi) is 55.3. The summed E-state index contributed by atoms with van der Waals surface area (Å²) >= 11 is 1.47. The van der Waals surface area contributed by atoms with Gasteiger partial charge in [-0.3, -0.25) is 116 Å². The number of carboxylic acids is 1. The molecule has 35 N–H and O–H groups in total. The fourth-order valence-electron chi connectivity index (χ4n) is 14.1. The molecule has 1 heterocycles. The number of nitrogens with zero attached hydrogens (tertiary/aromatic N) is 1. The predicted molar refractivity (Wildman–Crippen MR) is 508 cm³/mol. The number of aliphatic hydroxyl groups excluding tert-OH is 1. The molecule has 0 unspecified atom stereocenters. The molecule has 140 heavy (non-hydrogen) atoms. The third-order valence-electron chi connectivity index (χ3n) is 22.0. The highest BCUT2D eigenvalue weighted by Gasteiger charge is 2.43. The highest BCUT2D eigenvalue weighted by Crippen LogP contribution is 2.22. The number of likely N-dealkylation sites (tertiary alicyclic amines) is 1. The summed E-state index contributed by atoms with van der Waals surface area (Å²) in [5, 5.41) is 70.7. The van der Waals surface area contributed by atoms with Crippen LogP contribution in [0.4, 0.5) is 0 Å². The van der Waals surface area contributed by atoms with Gasteiger partial charge in [-0.05, 0) is 139 Å². The van der Waals surface area contributed by atoms with Gasteiger partial charge in [-0.2, -0.15) is 11.8 Å². The number of unbranched alkanes of at least 4 members (excludes halogenated alkanes) is 1. The van der Waals surface area contributed by atoms with E-state index in [4.69, 9.17) is 50.7 Å². The zero-order valence-corrected chi connectivity index (χ0v) is 82.0. The molecule has 1 saturated heterocycles. The molecule has 1 fully saturated rings. The Hall–Kier alpha value is -13.5. The first kappa shape index (κ1) is 123. The van der Waals surface area contributed by atoms with Crippen molar-refractivity contribution >= 4 is 154 Å². The molecule has 784 valence electrons. The van der Waals surface area contributed by atoms with Gasteiger partial charge in [0.05, 0.1) is 38.5 Å². The number of carbonyl (C=O) groups is 23. The van der Waals surface area contributed by atoms with Crippen LogP contribution >= 0.6 is 11.8 Å². The van der Waals surface area contributed by atoms with Gasteiger partial charge in [0.2, 0.25) is 130 Å². The summed E-state index contributed by atoms with van der Waals surface area (Å²) in [4.78, 5) is 313. The van der Waals surface area contributed by atoms with Crippen LogP contribution in [0.15, 0.2) is 30.3 Å². The highest BCUT2D eigenvalue weighted by molar-refractivity contribution is 7.98. The number of aliphatic carboxylic acids is 1. The first-order valence-electron chi connectivity index (χ1n) is 46.1. The quantitative estimate of drug-likeness (QED) is 0.0164. The zero-order chi connectivity index (χ0) is 106. The Balaban J connectivity index is 2.39. The minimum Gasteiger partial charge on any atom is -0.480 e. The summed E-state index contributed by atoms with van der Waals surface area (Å²) in [6, 6.07) is -17.6. The zero-order valence-electron chi connectivity index (χ0n) is 81.2. The molecule has 0 bridgehead atoms. The molecule has 0 spiro atoms. The Morgan fingerprint density at radius 3 is 1.36 bits per heavy atom. The summed E-state index contributed by atoms with van der Waals surface area (Å²) in [5.41, 5.74) is 39.8. The molecule has 53 heteroatoms. The number of nitrogens with two attached hydrogens (primary N) is 7. The molecule has 1 aromatic rings. The highest BCUT2D eigenvalue weighted by atomic mass is 32.2. The maximum absolute atomic E-state index is 14.5. The van der Waals surface area contributed by atoms with Crippen LogP contribution in [-0.4, -0.2) is 311 Å². The molecule has 1 aliphatic rings. The number of primary amides is 4. The molecule has 0 saturated carbocycles. The predicted octanol–water partition coefficient (Wildman–Crippen LogP) is -9.98. The van der Waals surface area contributed by atoms with Crippen LogP contribution in [0.1, 0.15) is 184 Å². The lowest BCUT2D eigenvalue weighted by atomic mass is 9.97. The number of benzene rings is 1. The number of carboxylic acid groups (broad SMARTS) is 1. The summed E-state index contributed by atoms with van der Waals surface area (Å²) in [6.45, 7) is 14.5. The summed E-state index contributed by atoms with van der Waals surface area (Å²) in [5.74, 6) is -26.2. The number of nitrogens with one attached hydrogen (secondary N) is 19. The number of carbonyl (C=O) groups excluding carboxylic acids is 22. The van der Waals surface area contributed by atoms with E-state index in [2.05, 4.69) is 95.7 Å². The number of rotatable bonds is 66. The minimum absolute atomic E-state index is 0.0233. The number of hydrogen-bond donors (Lipinski definition) is 28. The van der Waals surface area contributed by atoms with Gasteiger partial charge in [0.25, 0.3) is 0 Å². The Morgan fingerprint density at radius 2 is 0.864 bits per heavy atom. The molecule has 0 aromatic heterocycles. The standard InChI is InChI=1S/C87H145N27O25S/c1-13-45(8)69(85(138)111-60(41-115)82(135)112-68(44(6)7)84(137)101-48(11)72(125)110-59(34-43(4)5)86(139)114-31-20-25-61(114)83(136)98-40-67(121)122)113-77(130)51(23-17-18-29-88)102-66(120)39-97-74(127)56(36-63(91)117)108-81(134)58(38-65(93)119)109-76(129)53(26-27-62(90)116)104-80(133)57(37-64(92)118)106-71(124)47(10)100-75(128)52(24-19-30-96-87(94)95)103-78(131)54(33-42(2)3)107-79(132)55(35-49-21-15-14-16-22-49)105-70(123)46(9)99-73(126)50(89)28-32-140-12/h14-16,21-22,42-48,50-61,68-69,115H,13,17-20,23-41,88-89H2,1-12H3,(H2,90,116)(H2,91,117)(H2,92,118)(H2,93,119)(H,97,127)(H,98,136)(H,99,126)(H,100,128)(H,101,137)(H,102,120)(H,103,131)(H,104,133)(H,105,123)(H,106,124)(H,107,132)(H,108,134)(H,109,129)(H,110,125)(H,111,138)(H,112,135)(H,113,130)(H,121,122)(H4,94,95,96)/t45-,46-,47-,48-,50-,51-,52-,53-,54-,55-,56-,57-,58-,59-,60-,61-,68-,69-/m0/s1. The van der Waals surface area contributed by atoms with Gasteiger partial charge in [-0.1, -0.05) is 92.1 Å². The minimum atomic E-state index is -2.14. The maximum Gasteiger partial charge on any atom is 0.322 e. The van der Waals surface area contributed by atoms with Crippen molar-refractivity contribution in [3.05, 3.63) is 35.9 Å². The van der Waals surface area contributed by atoms with E-state index in [-0.39, 0.29) is 95.7 Å². The van der Waals surface area contributed by atoms with Crippen molar-refractivity contribution in [2.75, 3.05) is 51.3 Å². The van der Waals surface area contributed by atoms with Crippen LogP contribution < -0.4 is 136 Å². The first-order chi connectivity index (χ1) is 65.7. The monoisotopic (exact) mass is 2000 g/mol. The second-order valence-corrected chi connectivity index (χ2v) is 36.3. The van der Waals surface area contributed by atoms with Crippen molar-refractivity contribution in [1.82, 2.24) is 101 Å². The van der Waals surface area contributed by atoms with E-state index in [0.29, 0.717) is 24.2 Å². The van der Waals surface area contributed by atoms with E-state index in [9.17, 15) is 115 Å². The van der Waals surface area contributed by atoms with E-state index in [1.54, 1.807) is 71.9 Å². The van der Waals surface area contributed by atoms with Crippen LogP contribution in [0, 0.1) is 29.1 Å². The van der Waals surface area contributed by atoms with Gasteiger partial charge in [0.1, 0.15) is 103 Å². The lowest BCUT2D eigenvalue weighted by Gasteiger charge is -2.30. The van der Waals surface area contributed by atoms with E-state index in [1.807, 2.05) is 6.26 Å². The molecule has 1 aliphatic heterocycles. The van der Waals surface area contributed by atoms with Gasteiger partial charge in [-0.25, -0.2) is 0 Å². The molecule has 52 nitrogen and oxygen atoms in total. The van der Waals surface area contributed by atoms with Crippen molar-refractivity contribution in [1.29, 1.82) is 5.41 Å². The number of amides is 22. The van der Waals surface area contributed by atoms with Gasteiger partial charge >= 0.3 is 5.97 Å². The average molecular weight is 2000 g/mol. The van der Waals surface area contributed by atoms with Crippen molar-refractivity contribution in [2.45, 2.75) is 288 Å². The Bertz CT molecular complexity index is 4460. The van der Waals surface area contributed by atoms with Crippen LogP contribution in [0.25, 0.3) is 0 Å². The number of guanidine groups is 1. The van der Waals surface area contributed by atoms with E-state index < -0.39 is 308 Å². The van der Waals surface area contributed by atoms with Crippen molar-refractivity contribution < 1.29 is 120 Å². The molecule has 18 atom stereocenters. The van der Waals surface area contributed by atoms with E-state index in [0.717, 1.165) is 6.92 Å². The lowest BCUT2D eigenvalue weighted by molar-refractivity contribution is -0.143. The van der Waals surface area contributed by atoms with E-state index >= 15 is 0 Å². The molecular weight excluding hydrogens is 1860 g/mol. The largest absolute Gasteiger partial charge is 0.480 e. The van der Waals surface area contributed by atoms with Crippen LogP contribution in [0.2, 0.25) is 0 Å². The SMILES string of the molecule is CC[C@H](C)[C@H](NC(=O)[C@H](CCCCN)NC(=O)CNC(=O)[C@H](CC(N)=O)NC(=O)[C@H](CC(N)=O)NC(=O)[C@H](CCC(N)=O)NC(=O)[C@H](CC(N)=O)NC(=O)[C@H](C)NC(=O)[C@H](CCCNC(=N)N)NC(=O)[C@H](CC(C)C)NC(=O)[C@H](Cc1ccccc1)NC(=O)[C@H](C)NC(=O)[C@@H](N)CCSC)C(=O)N[C@@H](CO)C(=O)N[C@H](C(=O)N[C@@H](C)C(=O)N[C@@H](CC(C)C)C(=O)N1CCC[C@H]1C(=O)NCC(=O)O)C(C)C. The molecule has 0 aliphatic carbocycles. The Morgan fingerprint density at radius 1 is 0.443 bits per heavy atom. The smallest absolute Gasteiger partial charge is 0.322 e. The van der Waals surface area contributed by atoms with Crippen LogP contribution in [-0.2, 0) is 117 Å². The van der Waals surface area contributed by atoms with Gasteiger partial charge in [-0.15, -0.1) is 0 Å². The maximum atomic E-state index is 14.5. The summed E-state index contributed by atoms with van der Waals surface area (Å²) in [6.07, 6.45) is -1.56. The van der Waals surface area contributed by atoms with Gasteiger partial charge in [0.15, 0.2) is 5.96 Å². The topological polar surface area (TPSA) is 859 Å². The second kappa shape index (κ2) is 63.2. The second-order valence-electron chi connectivity index (χ2n) is 35.3. The van der Waals surface area contributed by atoms with Crippen molar-refractivity contribution in [3.8, 4) is 0 Å². The fourth-order valence-corrected chi connectivity index (χ4v) is 14.6. The van der Waals surface area contributed by atoms with Crippen molar-refractivity contribution in [2.24, 2.45) is 63.8 Å². The number of hydrogen-bond acceptors (Lipinski definition) is 28. The fraction of sp³-hybridized carbons (Fsp3) is 0.655. The lowest BCUT2D eigenvalue weighted by Crippen LogP contribution is -2.62. The molecule has 0 radical (unpaired) electrons. The first-order valence-corrected chi connectivity index (χ1v) is 47.5. The van der Waals surface area contributed by atoms with E-state index in [1.165, 1.54) is 44.4 Å². The van der Waals surface area contributed by atoms with Gasteiger partial charge in [0, 0.05) is 25.9 Å². The van der Waals surface area contributed by atoms with Crippen LogP contribution in [0.5, 0.6) is 0 Å². The summed E-state index contributed by atoms with van der Waals surface area (Å²) in [7, 11) is 0. The average Bonchev–Trinajstić information content (AvgIpc) is 1.74. The molecular formula is C87H145N27O25S. The van der Waals surface area contributed by atoms with Crippen LogP contribution in [0.3, 0.4) is 0 Å². The molecule has 2 rings (SSSR count). The molecule has 22 amide bonds. The normalized spacial score (nSPS) is 15.8. The third-order valence-corrected chi connectivity index (χ3v) is 22.6. The summed E-state index contributed by atoms with van der Waals surface area (Å²) < 4.78 is 0. The number of aliphatic hydroxyl groups is 1. The molecule has 1 aromatic carbocycles.